The van der Waals surface area contributed by atoms with Crippen molar-refractivity contribution in [2.75, 3.05) is 18.0 Å². The molecule has 2 unspecified atom stereocenters. The smallest absolute Gasteiger partial charge is 0.480 e. The number of aliphatic carboxylic acids is 3. The zero-order chi connectivity index (χ0) is 36.7. The minimum absolute atomic E-state index is 0.0146. The van der Waals surface area contributed by atoms with Crippen LogP contribution in [0.15, 0.2) is 24.3 Å². The molecule has 4 amide bonds. The normalized spacial score (nSPS) is 18.7. The third kappa shape index (κ3) is 15.9. The van der Waals surface area contributed by atoms with Crippen molar-refractivity contribution in [3.8, 4) is 0 Å². The number of carbonyl (C=O) groups is 6. The number of carboxylic acid groups (broad SMARTS) is 3. The first-order valence-electron chi connectivity index (χ1n) is 14.2. The Morgan fingerprint density at radius 2 is 1.46 bits per heavy atom. The Balaban J connectivity index is 0.000000687. The summed E-state index contributed by atoms with van der Waals surface area (Å²) in [6, 6.07) is 5.60. The molecular formula is C27H35F6N5O9S. The summed E-state index contributed by atoms with van der Waals surface area (Å²) in [5.74, 6) is -6.15. The van der Waals surface area contributed by atoms with Crippen LogP contribution in [0.5, 0.6) is 0 Å². The van der Waals surface area contributed by atoms with Gasteiger partial charge in [0.15, 0.2) is 0 Å². The van der Waals surface area contributed by atoms with E-state index in [0.717, 1.165) is 25.0 Å². The molecule has 21 heteroatoms. The zero-order valence-electron chi connectivity index (χ0n) is 25.0. The summed E-state index contributed by atoms with van der Waals surface area (Å²) in [7, 11) is 0. The molecule has 4 atom stereocenters. The number of hydrogen-bond donors (Lipinski definition) is 8. The number of halogens is 6. The van der Waals surface area contributed by atoms with Crippen molar-refractivity contribution in [2.24, 2.45) is 0 Å². The minimum atomic E-state index is -5.08. The van der Waals surface area contributed by atoms with Crippen LogP contribution in [0.25, 0.3) is 0 Å². The van der Waals surface area contributed by atoms with E-state index < -0.39 is 42.2 Å². The van der Waals surface area contributed by atoms with Crippen LogP contribution < -0.4 is 27.0 Å². The molecule has 3 rings (SSSR count). The van der Waals surface area contributed by atoms with Gasteiger partial charge in [-0.15, -0.1) is 0 Å². The summed E-state index contributed by atoms with van der Waals surface area (Å²) in [5, 5.41) is 35.3. The van der Waals surface area contributed by atoms with Crippen molar-refractivity contribution in [1.82, 2.24) is 21.3 Å². The third-order valence-corrected chi connectivity index (χ3v) is 8.09. The number of alkyl halides is 6. The average molecular weight is 720 g/mol. The summed E-state index contributed by atoms with van der Waals surface area (Å²) >= 11 is 1.87. The van der Waals surface area contributed by atoms with Gasteiger partial charge in [-0.1, -0.05) is 6.42 Å². The van der Waals surface area contributed by atoms with E-state index in [-0.39, 0.29) is 30.4 Å². The van der Waals surface area contributed by atoms with Crippen LogP contribution in [0.3, 0.4) is 0 Å². The number of rotatable bonds is 13. The van der Waals surface area contributed by atoms with E-state index in [1.807, 2.05) is 11.8 Å². The van der Waals surface area contributed by atoms with Gasteiger partial charge < -0.3 is 42.3 Å². The highest BCUT2D eigenvalue weighted by Gasteiger charge is 2.42. The van der Waals surface area contributed by atoms with Gasteiger partial charge in [-0.3, -0.25) is 9.59 Å². The summed E-state index contributed by atoms with van der Waals surface area (Å²) < 4.78 is 63.5. The fraction of sp³-hybridized carbons (Fsp3) is 0.556. The molecule has 14 nitrogen and oxygen atoms in total. The lowest BCUT2D eigenvalue weighted by molar-refractivity contribution is -0.193. The first kappa shape index (κ1) is 41.6. The Morgan fingerprint density at radius 1 is 0.896 bits per heavy atom. The van der Waals surface area contributed by atoms with E-state index in [1.165, 1.54) is 0 Å². The number of urea groups is 1. The average Bonchev–Trinajstić information content (AvgIpc) is 3.53. The highest BCUT2D eigenvalue weighted by molar-refractivity contribution is 8.00. The van der Waals surface area contributed by atoms with Crippen molar-refractivity contribution >= 4 is 53.2 Å². The quantitative estimate of drug-likeness (QED) is 0.0639. The molecule has 0 aliphatic carbocycles. The van der Waals surface area contributed by atoms with Crippen LogP contribution in [-0.2, 0) is 19.2 Å². The number of anilines is 1. The first-order chi connectivity index (χ1) is 22.2. The summed E-state index contributed by atoms with van der Waals surface area (Å²) in [5.41, 5.74) is 6.48. The predicted octanol–water partition coefficient (Wildman–Crippen LogP) is 2.73. The van der Waals surface area contributed by atoms with Crippen LogP contribution in [-0.4, -0.2) is 99.1 Å². The van der Waals surface area contributed by atoms with Gasteiger partial charge in [-0.05, 0) is 56.4 Å². The molecule has 0 spiro atoms. The van der Waals surface area contributed by atoms with E-state index >= 15 is 0 Å². The monoisotopic (exact) mass is 719 g/mol. The molecule has 2 aliphatic rings. The third-order valence-electron chi connectivity index (χ3n) is 6.58. The maximum atomic E-state index is 12.2. The molecule has 2 aliphatic heterocycles. The van der Waals surface area contributed by atoms with Crippen LogP contribution in [0, 0.1) is 0 Å². The minimum Gasteiger partial charge on any atom is -0.480 e. The number of nitrogen functional groups attached to an aromatic ring is 1. The number of thioether (sulfide) groups is 1. The largest absolute Gasteiger partial charge is 0.490 e. The molecule has 1 aromatic rings. The Kier molecular flexibility index (Phi) is 16.8. The molecule has 2 fully saturated rings. The highest BCUT2D eigenvalue weighted by atomic mass is 32.2. The van der Waals surface area contributed by atoms with Gasteiger partial charge in [-0.2, -0.15) is 38.1 Å². The Hall–Kier alpha value is -4.43. The van der Waals surface area contributed by atoms with Gasteiger partial charge in [0.1, 0.15) is 6.04 Å². The van der Waals surface area contributed by atoms with E-state index in [2.05, 4.69) is 21.3 Å². The molecule has 0 saturated carbocycles. The molecule has 9 N–H and O–H groups in total. The van der Waals surface area contributed by atoms with E-state index in [4.69, 9.17) is 25.5 Å². The number of unbranched alkanes of at least 4 members (excludes halogenated alkanes) is 2. The second-order valence-electron chi connectivity index (χ2n) is 10.3. The number of carbonyl (C=O) groups excluding carboxylic acids is 3. The molecule has 0 radical (unpaired) electrons. The van der Waals surface area contributed by atoms with Crippen LogP contribution in [0.2, 0.25) is 0 Å². The van der Waals surface area contributed by atoms with Gasteiger partial charge in [-0.25, -0.2) is 19.2 Å². The number of nitrogens with one attached hydrogen (secondary N) is 4. The molecular weight excluding hydrogens is 684 g/mol. The Bertz CT molecular complexity index is 1240. The van der Waals surface area contributed by atoms with Crippen LogP contribution >= 0.6 is 11.8 Å². The van der Waals surface area contributed by atoms with E-state index in [0.29, 0.717) is 42.3 Å². The van der Waals surface area contributed by atoms with Gasteiger partial charge in [0.25, 0.3) is 5.91 Å². The predicted molar refractivity (Wildman–Crippen MR) is 158 cm³/mol. The number of hydrogen-bond acceptors (Lipinski definition) is 8. The molecule has 270 valence electrons. The van der Waals surface area contributed by atoms with Gasteiger partial charge in [0.05, 0.1) is 12.1 Å². The molecule has 1 aromatic carbocycles. The van der Waals surface area contributed by atoms with Crippen molar-refractivity contribution in [1.29, 1.82) is 0 Å². The van der Waals surface area contributed by atoms with Crippen molar-refractivity contribution in [2.45, 2.75) is 80.7 Å². The number of carboxylic acids is 3. The zero-order valence-corrected chi connectivity index (χ0v) is 25.8. The molecule has 2 heterocycles. The fourth-order valence-electron chi connectivity index (χ4n) is 4.20. The van der Waals surface area contributed by atoms with E-state index in [1.54, 1.807) is 24.3 Å². The Morgan fingerprint density at radius 3 is 1.98 bits per heavy atom. The molecule has 0 bridgehead atoms. The number of amides is 4. The lowest BCUT2D eigenvalue weighted by Gasteiger charge is -2.16. The highest BCUT2D eigenvalue weighted by Crippen LogP contribution is 2.33. The maximum absolute atomic E-state index is 12.2. The van der Waals surface area contributed by atoms with E-state index in [9.17, 15) is 50.6 Å². The summed E-state index contributed by atoms with van der Waals surface area (Å²) in [4.78, 5) is 65.0. The number of fused-ring (bicyclic) bond motifs is 1. The maximum Gasteiger partial charge on any atom is 0.490 e. The lowest BCUT2D eigenvalue weighted by atomic mass is 10.0. The second-order valence-corrected chi connectivity index (χ2v) is 11.6. The van der Waals surface area contributed by atoms with Crippen molar-refractivity contribution < 1.29 is 70.4 Å². The van der Waals surface area contributed by atoms with Crippen molar-refractivity contribution in [3.05, 3.63) is 29.8 Å². The molecule has 48 heavy (non-hydrogen) atoms. The summed E-state index contributed by atoms with van der Waals surface area (Å²) in [6.07, 6.45) is -5.57. The van der Waals surface area contributed by atoms with Crippen molar-refractivity contribution in [3.63, 3.8) is 0 Å². The lowest BCUT2D eigenvalue weighted by Crippen LogP contribution is -2.40. The SMILES string of the molecule is Nc1ccc(C(=O)NC(CCCCNC(=O)CCCCC2SC[C@@H]3NC(=O)N[C@H]23)C(=O)O)cc1.O=C(O)C(F)(F)F.O=C(O)C(F)(F)F. The fourth-order valence-corrected chi connectivity index (χ4v) is 5.74. The topological polar surface area (TPSA) is 237 Å². The first-order valence-corrected chi connectivity index (χ1v) is 15.2. The van der Waals surface area contributed by atoms with Crippen LogP contribution in [0.1, 0.15) is 55.3 Å². The van der Waals surface area contributed by atoms with Gasteiger partial charge >= 0.3 is 36.3 Å². The number of nitrogens with two attached hydrogens (primary N) is 1. The van der Waals surface area contributed by atoms with Gasteiger partial charge in [0.2, 0.25) is 5.91 Å². The number of benzene rings is 1. The van der Waals surface area contributed by atoms with Gasteiger partial charge in [0, 0.05) is 35.2 Å². The second kappa shape index (κ2) is 19.4. The Labute approximate surface area is 273 Å². The molecule has 2 saturated heterocycles. The van der Waals surface area contributed by atoms with Crippen LogP contribution in [0.4, 0.5) is 36.8 Å². The summed E-state index contributed by atoms with van der Waals surface area (Å²) in [6.45, 7) is 0.469. The standard InChI is InChI=1S/C23H33N5O5S.2C2HF3O2/c24-15-10-8-14(9-11-15)21(30)26-16(22(31)32)5-3-4-12-25-19(29)7-2-1-6-18-20-17(13-34-18)27-23(33)28-20;2*3-2(4,5)1(6)7/h8-11,16-18,20H,1-7,12-13,24H2,(H,25,29)(H,26,30)(H,31,32)(H2,27,28,33);2*(H,6,7)/t16?,17-,18?,20-;;/m0../s1. The molecule has 0 aromatic heterocycles.